The fraction of sp³-hybridized carbons (Fsp3) is 0.263. The molecule has 118 valence electrons. The number of imidazole rings is 1. The third-order valence-corrected chi connectivity index (χ3v) is 3.95. The molecule has 0 amide bonds. The average molecular weight is 307 g/mol. The SMILES string of the molecule is Cc1cc(C)c2nc(C)n(Cc3ccc(/C=C/CO)cc3)c2n1. The van der Waals surface area contributed by atoms with Crippen LogP contribution in [-0.2, 0) is 6.54 Å². The average Bonchev–Trinajstić information content (AvgIpc) is 2.83. The molecule has 0 radical (unpaired) electrons. The molecular weight excluding hydrogens is 286 g/mol. The van der Waals surface area contributed by atoms with Gasteiger partial charge in [-0.25, -0.2) is 9.97 Å². The maximum Gasteiger partial charge on any atom is 0.160 e. The molecule has 0 aliphatic heterocycles. The molecule has 1 aromatic carbocycles. The number of pyridine rings is 1. The van der Waals surface area contributed by atoms with Crippen molar-refractivity contribution in [3.63, 3.8) is 0 Å². The van der Waals surface area contributed by atoms with Crippen molar-refractivity contribution in [1.82, 2.24) is 14.5 Å². The van der Waals surface area contributed by atoms with Crippen molar-refractivity contribution in [2.45, 2.75) is 27.3 Å². The van der Waals surface area contributed by atoms with Gasteiger partial charge in [0.1, 0.15) is 11.3 Å². The number of aliphatic hydroxyl groups is 1. The van der Waals surface area contributed by atoms with Crippen molar-refractivity contribution in [3.05, 3.63) is 64.6 Å². The smallest absolute Gasteiger partial charge is 0.160 e. The van der Waals surface area contributed by atoms with Crippen LogP contribution in [0.4, 0.5) is 0 Å². The topological polar surface area (TPSA) is 50.9 Å². The van der Waals surface area contributed by atoms with E-state index in [2.05, 4.69) is 51.8 Å². The Balaban J connectivity index is 1.95. The highest BCUT2D eigenvalue weighted by atomic mass is 16.2. The second kappa shape index (κ2) is 6.34. The number of benzene rings is 1. The molecule has 23 heavy (non-hydrogen) atoms. The minimum atomic E-state index is 0.0618. The molecule has 0 atom stereocenters. The van der Waals surface area contributed by atoms with Crippen LogP contribution in [0.3, 0.4) is 0 Å². The van der Waals surface area contributed by atoms with Gasteiger partial charge in [-0.2, -0.15) is 0 Å². The predicted molar refractivity (Wildman–Crippen MR) is 93.4 cm³/mol. The molecule has 0 fully saturated rings. The third kappa shape index (κ3) is 3.17. The second-order valence-corrected chi connectivity index (χ2v) is 5.82. The lowest BCUT2D eigenvalue weighted by atomic mass is 10.1. The standard InChI is InChI=1S/C19H21N3O/c1-13-11-14(2)20-19-18(13)21-15(3)22(19)12-17-8-6-16(7-9-17)5-4-10-23/h4-9,11,23H,10,12H2,1-3H3/b5-4+. The van der Waals surface area contributed by atoms with Crippen LogP contribution in [0.25, 0.3) is 17.2 Å². The van der Waals surface area contributed by atoms with Gasteiger partial charge in [0.05, 0.1) is 13.2 Å². The van der Waals surface area contributed by atoms with Gasteiger partial charge in [0, 0.05) is 5.69 Å². The first kappa shape index (κ1) is 15.4. The summed E-state index contributed by atoms with van der Waals surface area (Å²) in [6.45, 7) is 6.93. The van der Waals surface area contributed by atoms with Crippen molar-refractivity contribution in [2.24, 2.45) is 0 Å². The number of aryl methyl sites for hydroxylation is 3. The van der Waals surface area contributed by atoms with Crippen LogP contribution in [0.2, 0.25) is 0 Å². The van der Waals surface area contributed by atoms with Gasteiger partial charge in [-0.05, 0) is 43.5 Å². The summed E-state index contributed by atoms with van der Waals surface area (Å²) < 4.78 is 2.16. The molecule has 0 saturated carbocycles. The summed E-state index contributed by atoms with van der Waals surface area (Å²) in [7, 11) is 0. The van der Waals surface area contributed by atoms with Gasteiger partial charge in [-0.15, -0.1) is 0 Å². The number of fused-ring (bicyclic) bond motifs is 1. The van der Waals surface area contributed by atoms with Crippen LogP contribution in [0.15, 0.2) is 36.4 Å². The van der Waals surface area contributed by atoms with Gasteiger partial charge in [-0.3, -0.25) is 0 Å². The highest BCUT2D eigenvalue weighted by molar-refractivity contribution is 5.76. The Morgan fingerprint density at radius 1 is 1.09 bits per heavy atom. The maximum atomic E-state index is 8.83. The zero-order valence-electron chi connectivity index (χ0n) is 13.7. The monoisotopic (exact) mass is 307 g/mol. The summed E-state index contributed by atoms with van der Waals surface area (Å²) >= 11 is 0. The van der Waals surface area contributed by atoms with E-state index in [0.29, 0.717) is 0 Å². The molecule has 0 aliphatic rings. The summed E-state index contributed by atoms with van der Waals surface area (Å²) in [4.78, 5) is 9.34. The van der Waals surface area contributed by atoms with Gasteiger partial charge in [0.25, 0.3) is 0 Å². The Morgan fingerprint density at radius 3 is 2.52 bits per heavy atom. The summed E-state index contributed by atoms with van der Waals surface area (Å²) in [6.07, 6.45) is 3.65. The van der Waals surface area contributed by atoms with E-state index < -0.39 is 0 Å². The number of hydrogen-bond donors (Lipinski definition) is 1. The zero-order chi connectivity index (χ0) is 16.4. The Labute approximate surface area is 136 Å². The molecule has 2 heterocycles. The van der Waals surface area contributed by atoms with E-state index >= 15 is 0 Å². The van der Waals surface area contributed by atoms with Gasteiger partial charge in [-0.1, -0.05) is 36.4 Å². The molecule has 0 unspecified atom stereocenters. The minimum absolute atomic E-state index is 0.0618. The van der Waals surface area contributed by atoms with E-state index in [0.717, 1.165) is 34.8 Å². The molecule has 0 spiro atoms. The molecule has 0 aliphatic carbocycles. The number of nitrogens with zero attached hydrogens (tertiary/aromatic N) is 3. The lowest BCUT2D eigenvalue weighted by Crippen LogP contribution is -2.03. The molecule has 3 aromatic rings. The van der Waals surface area contributed by atoms with Crippen molar-refractivity contribution in [1.29, 1.82) is 0 Å². The zero-order valence-corrected chi connectivity index (χ0v) is 13.7. The van der Waals surface area contributed by atoms with Crippen molar-refractivity contribution in [2.75, 3.05) is 6.61 Å². The third-order valence-electron chi connectivity index (χ3n) is 3.95. The van der Waals surface area contributed by atoms with Crippen molar-refractivity contribution < 1.29 is 5.11 Å². The summed E-state index contributed by atoms with van der Waals surface area (Å²) in [6, 6.07) is 10.4. The van der Waals surface area contributed by atoms with E-state index in [1.807, 2.05) is 19.9 Å². The Hall–Kier alpha value is -2.46. The molecule has 1 N–H and O–H groups in total. The van der Waals surface area contributed by atoms with Crippen LogP contribution in [0.1, 0.15) is 28.2 Å². The lowest BCUT2D eigenvalue weighted by Gasteiger charge is -2.08. The first-order valence-corrected chi connectivity index (χ1v) is 7.76. The maximum absolute atomic E-state index is 8.83. The van der Waals surface area contributed by atoms with Crippen LogP contribution >= 0.6 is 0 Å². The summed E-state index contributed by atoms with van der Waals surface area (Å²) in [5, 5.41) is 8.83. The van der Waals surface area contributed by atoms with Gasteiger partial charge >= 0.3 is 0 Å². The molecule has 3 rings (SSSR count). The quantitative estimate of drug-likeness (QED) is 0.803. The van der Waals surface area contributed by atoms with Crippen LogP contribution < -0.4 is 0 Å². The van der Waals surface area contributed by atoms with Crippen LogP contribution in [0, 0.1) is 20.8 Å². The van der Waals surface area contributed by atoms with E-state index in [-0.39, 0.29) is 6.61 Å². The van der Waals surface area contributed by atoms with Crippen molar-refractivity contribution >= 4 is 17.2 Å². The van der Waals surface area contributed by atoms with Gasteiger partial charge < -0.3 is 9.67 Å². The van der Waals surface area contributed by atoms with E-state index in [1.165, 1.54) is 11.1 Å². The highest BCUT2D eigenvalue weighted by Gasteiger charge is 2.11. The summed E-state index contributed by atoms with van der Waals surface area (Å²) in [5.41, 5.74) is 6.40. The highest BCUT2D eigenvalue weighted by Crippen LogP contribution is 2.20. The predicted octanol–water partition coefficient (Wildman–Crippen LogP) is 3.41. The Kier molecular flexibility index (Phi) is 4.26. The summed E-state index contributed by atoms with van der Waals surface area (Å²) in [5.74, 6) is 0.977. The molecule has 2 aromatic heterocycles. The van der Waals surface area contributed by atoms with E-state index in [1.54, 1.807) is 6.08 Å². The first-order chi connectivity index (χ1) is 11.1. The number of rotatable bonds is 4. The van der Waals surface area contributed by atoms with Gasteiger partial charge in [0.2, 0.25) is 0 Å². The lowest BCUT2D eigenvalue weighted by molar-refractivity contribution is 0.343. The second-order valence-electron chi connectivity index (χ2n) is 5.82. The Morgan fingerprint density at radius 2 is 1.83 bits per heavy atom. The Bertz CT molecular complexity index is 860. The molecule has 0 bridgehead atoms. The molecule has 4 nitrogen and oxygen atoms in total. The van der Waals surface area contributed by atoms with E-state index in [4.69, 9.17) is 5.11 Å². The fourth-order valence-corrected chi connectivity index (χ4v) is 2.81. The molecular formula is C19H21N3O. The van der Waals surface area contributed by atoms with E-state index in [9.17, 15) is 0 Å². The van der Waals surface area contributed by atoms with Crippen LogP contribution in [0.5, 0.6) is 0 Å². The normalized spacial score (nSPS) is 11.7. The number of hydrogen-bond acceptors (Lipinski definition) is 3. The van der Waals surface area contributed by atoms with Crippen molar-refractivity contribution in [3.8, 4) is 0 Å². The first-order valence-electron chi connectivity index (χ1n) is 7.76. The molecule has 4 heteroatoms. The van der Waals surface area contributed by atoms with Gasteiger partial charge in [0.15, 0.2) is 5.65 Å². The fourth-order valence-electron chi connectivity index (χ4n) is 2.81. The number of aromatic nitrogens is 3. The number of aliphatic hydroxyl groups excluding tert-OH is 1. The molecule has 0 saturated heterocycles. The van der Waals surface area contributed by atoms with Crippen LogP contribution in [-0.4, -0.2) is 26.2 Å². The minimum Gasteiger partial charge on any atom is -0.392 e. The largest absolute Gasteiger partial charge is 0.392 e.